The van der Waals surface area contributed by atoms with E-state index in [-0.39, 0.29) is 5.97 Å². The van der Waals surface area contributed by atoms with Gasteiger partial charge in [0.2, 0.25) is 0 Å². The van der Waals surface area contributed by atoms with Crippen LogP contribution in [0.15, 0.2) is 22.9 Å². The Hall–Kier alpha value is -0.940. The number of hydrogen-bond donors (Lipinski definition) is 0. The number of hydrogen-bond acceptors (Lipinski definition) is 4. The molecule has 0 amide bonds. The van der Waals surface area contributed by atoms with Crippen LogP contribution in [0.3, 0.4) is 0 Å². The predicted molar refractivity (Wildman–Crippen MR) is 61.1 cm³/mol. The first kappa shape index (κ1) is 11.5. The van der Waals surface area contributed by atoms with E-state index in [0.717, 1.165) is 13.0 Å². The Morgan fingerprint density at radius 1 is 1.62 bits per heavy atom. The first-order chi connectivity index (χ1) is 7.75. The maximum atomic E-state index is 11.6. The van der Waals surface area contributed by atoms with Crippen LogP contribution in [0.5, 0.6) is 0 Å². The van der Waals surface area contributed by atoms with E-state index in [4.69, 9.17) is 9.47 Å². The second-order valence-corrected chi connectivity index (χ2v) is 4.51. The normalized spacial score (nSPS) is 19.7. The van der Waals surface area contributed by atoms with Gasteiger partial charge >= 0.3 is 5.97 Å². The lowest BCUT2D eigenvalue weighted by molar-refractivity contribution is 0.0427. The monoisotopic (exact) mass is 285 g/mol. The fraction of sp³-hybridized carbons (Fsp3) is 0.455. The molecule has 1 fully saturated rings. The number of ether oxygens (including phenoxy) is 2. The highest BCUT2D eigenvalue weighted by Crippen LogP contribution is 2.13. The molecule has 2 heterocycles. The van der Waals surface area contributed by atoms with Crippen LogP contribution in [0.2, 0.25) is 0 Å². The summed E-state index contributed by atoms with van der Waals surface area (Å²) < 4.78 is 11.1. The molecular weight excluding hydrogens is 274 g/mol. The van der Waals surface area contributed by atoms with E-state index < -0.39 is 0 Å². The Balaban J connectivity index is 1.85. The van der Waals surface area contributed by atoms with Crippen molar-refractivity contribution in [2.24, 2.45) is 5.92 Å². The highest BCUT2D eigenvalue weighted by Gasteiger charge is 2.18. The standard InChI is InChI=1S/C11H12BrNO3/c12-10-2-1-9(5-13-10)11(14)16-7-8-3-4-15-6-8/h1-2,5,8H,3-4,6-7H2. The quantitative estimate of drug-likeness (QED) is 0.630. The summed E-state index contributed by atoms with van der Waals surface area (Å²) in [5, 5.41) is 0. The molecule has 1 aromatic heterocycles. The first-order valence-electron chi connectivity index (χ1n) is 5.12. The van der Waals surface area contributed by atoms with Crippen LogP contribution < -0.4 is 0 Å². The number of carbonyl (C=O) groups is 1. The minimum Gasteiger partial charge on any atom is -0.462 e. The molecule has 1 aliphatic rings. The number of rotatable bonds is 3. The summed E-state index contributed by atoms with van der Waals surface area (Å²) in [5.41, 5.74) is 0.474. The van der Waals surface area contributed by atoms with Crippen molar-refractivity contribution in [3.05, 3.63) is 28.5 Å². The summed E-state index contributed by atoms with van der Waals surface area (Å²) in [6.45, 7) is 1.88. The van der Waals surface area contributed by atoms with Gasteiger partial charge in [0.25, 0.3) is 0 Å². The van der Waals surface area contributed by atoms with Crippen molar-refractivity contribution in [1.29, 1.82) is 0 Å². The highest BCUT2D eigenvalue weighted by atomic mass is 79.9. The molecule has 1 unspecified atom stereocenters. The van der Waals surface area contributed by atoms with E-state index in [1.54, 1.807) is 12.1 Å². The van der Waals surface area contributed by atoms with Crippen LogP contribution in [0.25, 0.3) is 0 Å². The Kier molecular flexibility index (Phi) is 3.90. The maximum Gasteiger partial charge on any atom is 0.339 e. The number of esters is 1. The van der Waals surface area contributed by atoms with E-state index in [1.807, 2.05) is 0 Å². The third-order valence-electron chi connectivity index (χ3n) is 2.44. The smallest absolute Gasteiger partial charge is 0.339 e. The third kappa shape index (κ3) is 3.02. The average Bonchev–Trinajstić information content (AvgIpc) is 2.80. The van der Waals surface area contributed by atoms with Crippen molar-refractivity contribution in [3.63, 3.8) is 0 Å². The van der Waals surface area contributed by atoms with Gasteiger partial charge in [0.1, 0.15) is 4.60 Å². The van der Waals surface area contributed by atoms with E-state index in [0.29, 0.717) is 29.3 Å². The molecule has 2 rings (SSSR count). The van der Waals surface area contributed by atoms with Crippen LogP contribution >= 0.6 is 15.9 Å². The van der Waals surface area contributed by atoms with E-state index in [2.05, 4.69) is 20.9 Å². The summed E-state index contributed by atoms with van der Waals surface area (Å²) in [4.78, 5) is 15.6. The molecule has 86 valence electrons. The van der Waals surface area contributed by atoms with E-state index in [1.165, 1.54) is 6.20 Å². The van der Waals surface area contributed by atoms with Gasteiger partial charge in [-0.3, -0.25) is 0 Å². The zero-order valence-corrected chi connectivity index (χ0v) is 10.3. The summed E-state index contributed by atoms with van der Waals surface area (Å²) >= 11 is 3.21. The van der Waals surface area contributed by atoms with Gasteiger partial charge in [-0.1, -0.05) is 0 Å². The molecule has 0 saturated carbocycles. The SMILES string of the molecule is O=C(OCC1CCOC1)c1ccc(Br)nc1. The van der Waals surface area contributed by atoms with Gasteiger partial charge in [0.15, 0.2) is 0 Å². The second-order valence-electron chi connectivity index (χ2n) is 3.70. The molecule has 0 spiro atoms. The molecule has 0 radical (unpaired) electrons. The van der Waals surface area contributed by atoms with Gasteiger partial charge in [-0.15, -0.1) is 0 Å². The van der Waals surface area contributed by atoms with Crippen LogP contribution in [0.1, 0.15) is 16.8 Å². The van der Waals surface area contributed by atoms with Crippen molar-refractivity contribution < 1.29 is 14.3 Å². The summed E-state index contributed by atoms with van der Waals surface area (Å²) in [6.07, 6.45) is 2.46. The number of pyridine rings is 1. The molecule has 0 bridgehead atoms. The molecule has 1 atom stereocenters. The van der Waals surface area contributed by atoms with Gasteiger partial charge in [-0.25, -0.2) is 9.78 Å². The van der Waals surface area contributed by atoms with Crippen molar-refractivity contribution in [2.45, 2.75) is 6.42 Å². The van der Waals surface area contributed by atoms with Gasteiger partial charge in [-0.05, 0) is 34.5 Å². The minimum atomic E-state index is -0.327. The predicted octanol–water partition coefficient (Wildman–Crippen LogP) is 2.04. The molecule has 16 heavy (non-hydrogen) atoms. The van der Waals surface area contributed by atoms with E-state index >= 15 is 0 Å². The van der Waals surface area contributed by atoms with Gasteiger partial charge < -0.3 is 9.47 Å². The number of aromatic nitrogens is 1. The van der Waals surface area contributed by atoms with Crippen molar-refractivity contribution in [3.8, 4) is 0 Å². The third-order valence-corrected chi connectivity index (χ3v) is 2.91. The molecule has 1 aromatic rings. The molecule has 1 aliphatic heterocycles. The lowest BCUT2D eigenvalue weighted by Crippen LogP contribution is -2.14. The topological polar surface area (TPSA) is 48.4 Å². The minimum absolute atomic E-state index is 0.327. The van der Waals surface area contributed by atoms with Crippen molar-refractivity contribution in [2.75, 3.05) is 19.8 Å². The zero-order valence-electron chi connectivity index (χ0n) is 8.69. The molecule has 0 N–H and O–H groups in total. The molecule has 0 aromatic carbocycles. The van der Waals surface area contributed by atoms with Crippen molar-refractivity contribution >= 4 is 21.9 Å². The molecule has 1 saturated heterocycles. The fourth-order valence-electron chi connectivity index (χ4n) is 1.49. The van der Waals surface area contributed by atoms with Crippen molar-refractivity contribution in [1.82, 2.24) is 4.98 Å². The summed E-state index contributed by atoms with van der Waals surface area (Å²) in [6, 6.07) is 3.40. The first-order valence-corrected chi connectivity index (χ1v) is 5.91. The largest absolute Gasteiger partial charge is 0.462 e. The van der Waals surface area contributed by atoms with E-state index in [9.17, 15) is 4.79 Å². The molecule has 0 aliphatic carbocycles. The number of halogens is 1. The summed E-state index contributed by atoms with van der Waals surface area (Å²) in [7, 11) is 0. The van der Waals surface area contributed by atoms with Gasteiger partial charge in [-0.2, -0.15) is 0 Å². The molecular formula is C11H12BrNO3. The van der Waals surface area contributed by atoms with Crippen LogP contribution in [0.4, 0.5) is 0 Å². The second kappa shape index (κ2) is 5.41. The Morgan fingerprint density at radius 3 is 3.12 bits per heavy atom. The lowest BCUT2D eigenvalue weighted by atomic mass is 10.1. The van der Waals surface area contributed by atoms with Crippen LogP contribution in [-0.2, 0) is 9.47 Å². The Morgan fingerprint density at radius 2 is 2.50 bits per heavy atom. The highest BCUT2D eigenvalue weighted by molar-refractivity contribution is 9.10. The number of nitrogens with zero attached hydrogens (tertiary/aromatic N) is 1. The van der Waals surface area contributed by atoms with Crippen LogP contribution in [-0.4, -0.2) is 30.8 Å². The molecule has 5 heteroatoms. The maximum absolute atomic E-state index is 11.6. The Bertz CT molecular complexity index is 360. The molecule has 4 nitrogen and oxygen atoms in total. The average molecular weight is 286 g/mol. The van der Waals surface area contributed by atoms with Gasteiger partial charge in [0.05, 0.1) is 18.8 Å². The zero-order chi connectivity index (χ0) is 11.4. The fourth-order valence-corrected chi connectivity index (χ4v) is 1.72. The lowest BCUT2D eigenvalue weighted by Gasteiger charge is -2.08. The van der Waals surface area contributed by atoms with Gasteiger partial charge in [0, 0.05) is 18.7 Å². The number of carbonyl (C=O) groups excluding carboxylic acids is 1. The summed E-state index contributed by atoms with van der Waals surface area (Å²) in [5.74, 6) is 0.0132. The Labute approximate surface area is 102 Å². The van der Waals surface area contributed by atoms with Crippen LogP contribution in [0, 0.1) is 5.92 Å².